The molecule has 0 unspecified atom stereocenters. The van der Waals surface area contributed by atoms with Crippen molar-refractivity contribution < 1.29 is 0 Å². The van der Waals surface area contributed by atoms with Crippen LogP contribution >= 0.6 is 46.4 Å². The summed E-state index contributed by atoms with van der Waals surface area (Å²) in [4.78, 5) is 0. The largest absolute Gasteiger partial charge is 0.121 e. The highest BCUT2D eigenvalue weighted by atomic mass is 35.5. The van der Waals surface area contributed by atoms with Crippen LogP contribution < -0.4 is 0 Å². The zero-order valence-electron chi connectivity index (χ0n) is 8.68. The van der Waals surface area contributed by atoms with E-state index >= 15 is 0 Å². The van der Waals surface area contributed by atoms with Gasteiger partial charge < -0.3 is 0 Å². The number of benzene rings is 2. The van der Waals surface area contributed by atoms with Gasteiger partial charge in [0.15, 0.2) is 0 Å². The van der Waals surface area contributed by atoms with Crippen molar-refractivity contribution in [3.8, 4) is 11.1 Å². The smallest absolute Gasteiger partial charge is 0.0528 e. The first kappa shape index (κ1) is 13.0. The van der Waals surface area contributed by atoms with Crippen molar-refractivity contribution in [1.82, 2.24) is 0 Å². The fraction of sp³-hybridized carbons (Fsp3) is 0.0769. The lowest BCUT2D eigenvalue weighted by Crippen LogP contribution is -1.85. The quantitative estimate of drug-likeness (QED) is 0.592. The highest BCUT2D eigenvalue weighted by Crippen LogP contribution is 2.34. The van der Waals surface area contributed by atoms with Crippen molar-refractivity contribution in [2.24, 2.45) is 0 Å². The van der Waals surface area contributed by atoms with Crippen LogP contribution in [-0.4, -0.2) is 0 Å². The number of hydrogen-bond donors (Lipinski definition) is 0. The number of hydrogen-bond acceptors (Lipinski definition) is 0. The van der Waals surface area contributed by atoms with Crippen molar-refractivity contribution in [2.75, 3.05) is 0 Å². The molecular weight excluding hydrogens is 298 g/mol. The molecule has 0 amide bonds. The standard InChI is InChI=1S/C13H8Cl4/c14-7-8-2-1-3-12(13(8)17)9-4-10(15)6-11(16)5-9/h1-6H,7H2. The van der Waals surface area contributed by atoms with Crippen molar-refractivity contribution in [1.29, 1.82) is 0 Å². The molecule has 2 aromatic rings. The van der Waals surface area contributed by atoms with Crippen LogP contribution in [0.2, 0.25) is 15.1 Å². The van der Waals surface area contributed by atoms with Gasteiger partial charge in [0.25, 0.3) is 0 Å². The van der Waals surface area contributed by atoms with Gasteiger partial charge in [-0.1, -0.05) is 53.0 Å². The molecule has 4 heteroatoms. The van der Waals surface area contributed by atoms with Crippen LogP contribution in [0.15, 0.2) is 36.4 Å². The zero-order valence-corrected chi connectivity index (χ0v) is 11.7. The predicted octanol–water partition coefficient (Wildman–Crippen LogP) is 6.05. The maximum absolute atomic E-state index is 6.28. The van der Waals surface area contributed by atoms with E-state index in [0.717, 1.165) is 16.7 Å². The summed E-state index contributed by atoms with van der Waals surface area (Å²) in [6, 6.07) is 11.1. The molecule has 0 bridgehead atoms. The first-order valence-electron chi connectivity index (χ1n) is 4.91. The Morgan fingerprint density at radius 1 is 0.882 bits per heavy atom. The molecule has 0 aliphatic heterocycles. The summed E-state index contributed by atoms with van der Waals surface area (Å²) in [6.07, 6.45) is 0. The molecule has 0 aromatic heterocycles. The van der Waals surface area contributed by atoms with Crippen LogP contribution in [0.1, 0.15) is 5.56 Å². The second-order valence-electron chi connectivity index (χ2n) is 3.57. The zero-order chi connectivity index (χ0) is 12.4. The molecule has 0 atom stereocenters. The normalized spacial score (nSPS) is 10.6. The van der Waals surface area contributed by atoms with Crippen LogP contribution in [0.4, 0.5) is 0 Å². The van der Waals surface area contributed by atoms with Gasteiger partial charge in [-0.2, -0.15) is 0 Å². The van der Waals surface area contributed by atoms with E-state index in [4.69, 9.17) is 46.4 Å². The SMILES string of the molecule is ClCc1cccc(-c2cc(Cl)cc(Cl)c2)c1Cl. The van der Waals surface area contributed by atoms with Gasteiger partial charge in [-0.25, -0.2) is 0 Å². The van der Waals surface area contributed by atoms with Crippen LogP contribution in [0.25, 0.3) is 11.1 Å². The third-order valence-corrected chi connectivity index (χ3v) is 3.57. The molecule has 0 N–H and O–H groups in total. The van der Waals surface area contributed by atoms with Gasteiger partial charge in [0, 0.05) is 21.5 Å². The highest BCUT2D eigenvalue weighted by molar-refractivity contribution is 6.36. The summed E-state index contributed by atoms with van der Waals surface area (Å²) in [6.45, 7) is 0. The Bertz CT molecular complexity index is 529. The molecule has 2 rings (SSSR count). The predicted molar refractivity (Wildman–Crippen MR) is 76.5 cm³/mol. The number of alkyl halides is 1. The molecule has 0 heterocycles. The second kappa shape index (κ2) is 5.49. The molecular formula is C13H8Cl4. The van der Waals surface area contributed by atoms with Crippen molar-refractivity contribution in [3.63, 3.8) is 0 Å². The third-order valence-electron chi connectivity index (χ3n) is 2.40. The van der Waals surface area contributed by atoms with Gasteiger partial charge >= 0.3 is 0 Å². The molecule has 0 spiro atoms. The summed E-state index contributed by atoms with van der Waals surface area (Å²) < 4.78 is 0. The molecule has 0 aliphatic rings. The van der Waals surface area contributed by atoms with Gasteiger partial charge in [0.05, 0.1) is 5.02 Å². The van der Waals surface area contributed by atoms with Gasteiger partial charge in [-0.05, 0) is 29.3 Å². The average molecular weight is 306 g/mol. The van der Waals surface area contributed by atoms with Crippen LogP contribution in [-0.2, 0) is 5.88 Å². The van der Waals surface area contributed by atoms with Crippen molar-refractivity contribution in [2.45, 2.75) is 5.88 Å². The number of halogens is 4. The van der Waals surface area contributed by atoms with E-state index in [1.54, 1.807) is 6.07 Å². The summed E-state index contributed by atoms with van der Waals surface area (Å²) in [7, 11) is 0. The van der Waals surface area contributed by atoms with E-state index in [1.807, 2.05) is 30.3 Å². The van der Waals surface area contributed by atoms with Gasteiger partial charge in [0.1, 0.15) is 0 Å². The van der Waals surface area contributed by atoms with Crippen molar-refractivity contribution in [3.05, 3.63) is 57.0 Å². The van der Waals surface area contributed by atoms with Gasteiger partial charge in [-0.15, -0.1) is 11.6 Å². The Morgan fingerprint density at radius 2 is 1.53 bits per heavy atom. The summed E-state index contributed by atoms with van der Waals surface area (Å²) in [5, 5.41) is 1.81. The molecule has 0 fully saturated rings. The minimum Gasteiger partial charge on any atom is -0.121 e. The van der Waals surface area contributed by atoms with E-state index in [-0.39, 0.29) is 0 Å². The van der Waals surface area contributed by atoms with Gasteiger partial charge in [-0.3, -0.25) is 0 Å². The Kier molecular flexibility index (Phi) is 4.22. The fourth-order valence-corrected chi connectivity index (χ4v) is 2.73. The molecule has 0 saturated carbocycles. The van der Waals surface area contributed by atoms with Crippen LogP contribution in [0.5, 0.6) is 0 Å². The maximum atomic E-state index is 6.28. The van der Waals surface area contributed by atoms with E-state index < -0.39 is 0 Å². The molecule has 2 aromatic carbocycles. The third kappa shape index (κ3) is 2.89. The minimum atomic E-state index is 0.376. The van der Waals surface area contributed by atoms with E-state index in [0.29, 0.717) is 20.9 Å². The van der Waals surface area contributed by atoms with E-state index in [2.05, 4.69) is 0 Å². The van der Waals surface area contributed by atoms with Crippen LogP contribution in [0.3, 0.4) is 0 Å². The maximum Gasteiger partial charge on any atom is 0.0528 e. The topological polar surface area (TPSA) is 0 Å². The lowest BCUT2D eigenvalue weighted by Gasteiger charge is -2.08. The van der Waals surface area contributed by atoms with Crippen LogP contribution in [0, 0.1) is 0 Å². The molecule has 0 nitrogen and oxygen atoms in total. The molecule has 17 heavy (non-hydrogen) atoms. The lowest BCUT2D eigenvalue weighted by molar-refractivity contribution is 1.40. The number of rotatable bonds is 2. The van der Waals surface area contributed by atoms with E-state index in [1.165, 1.54) is 0 Å². The Labute approximate surface area is 120 Å². The Balaban J connectivity index is 2.60. The molecule has 0 radical (unpaired) electrons. The molecule has 0 saturated heterocycles. The van der Waals surface area contributed by atoms with Crippen molar-refractivity contribution >= 4 is 46.4 Å². The van der Waals surface area contributed by atoms with E-state index in [9.17, 15) is 0 Å². The minimum absolute atomic E-state index is 0.376. The van der Waals surface area contributed by atoms with Gasteiger partial charge in [0.2, 0.25) is 0 Å². The monoisotopic (exact) mass is 304 g/mol. The Hall–Kier alpha value is -0.400. The lowest BCUT2D eigenvalue weighted by atomic mass is 10.0. The Morgan fingerprint density at radius 3 is 2.12 bits per heavy atom. The summed E-state index contributed by atoms with van der Waals surface area (Å²) in [5.74, 6) is 0.376. The first-order chi connectivity index (χ1) is 8.11. The second-order valence-corrected chi connectivity index (χ2v) is 5.09. The molecule has 0 aliphatic carbocycles. The highest BCUT2D eigenvalue weighted by Gasteiger charge is 2.08. The summed E-state index contributed by atoms with van der Waals surface area (Å²) >= 11 is 24.0. The fourth-order valence-electron chi connectivity index (χ4n) is 1.62. The average Bonchev–Trinajstić information content (AvgIpc) is 2.28. The molecule has 88 valence electrons. The summed E-state index contributed by atoms with van der Waals surface area (Å²) in [5.41, 5.74) is 2.66. The first-order valence-corrected chi connectivity index (χ1v) is 6.58.